The van der Waals surface area contributed by atoms with Crippen LogP contribution >= 0.6 is 0 Å². The zero-order valence-electron chi connectivity index (χ0n) is 12.3. The number of nitrogens with one attached hydrogen (secondary N) is 1. The fourth-order valence-electron chi connectivity index (χ4n) is 1.46. The van der Waals surface area contributed by atoms with E-state index in [-0.39, 0.29) is 23.9 Å². The van der Waals surface area contributed by atoms with Crippen LogP contribution in [-0.2, 0) is 11.5 Å². The van der Waals surface area contributed by atoms with E-state index in [4.69, 9.17) is 20.8 Å². The average molecular weight is 315 g/mol. The molecular formula is C11H21N5O4Si. The standard InChI is InChI=1S/C11H21N5O4Si/c1-21(2,3)5-4-20-7-16-6-8(9(12)15-19)10(14-16)13-11(17)18/h6,19H,4-5,7H2,1-3H3,(H2,12,15)(H,13,14)(H,17,18). The Labute approximate surface area is 123 Å². The van der Waals surface area contributed by atoms with Gasteiger partial charge < -0.3 is 20.8 Å². The summed E-state index contributed by atoms with van der Waals surface area (Å²) in [7, 11) is -1.16. The summed E-state index contributed by atoms with van der Waals surface area (Å²) in [5.74, 6) is -0.237. The molecule has 0 atom stereocenters. The second-order valence-electron chi connectivity index (χ2n) is 5.69. The number of carboxylic acid groups (broad SMARTS) is 1. The Morgan fingerprint density at radius 3 is 2.76 bits per heavy atom. The van der Waals surface area contributed by atoms with Gasteiger partial charge in [0.1, 0.15) is 6.73 Å². The number of hydrogen-bond donors (Lipinski definition) is 4. The van der Waals surface area contributed by atoms with Crippen molar-refractivity contribution in [2.75, 3.05) is 11.9 Å². The molecule has 0 fully saturated rings. The van der Waals surface area contributed by atoms with Gasteiger partial charge in [-0.05, 0) is 6.04 Å². The van der Waals surface area contributed by atoms with Crippen LogP contribution in [0, 0.1) is 0 Å². The second-order valence-corrected chi connectivity index (χ2v) is 11.3. The van der Waals surface area contributed by atoms with Crippen LogP contribution in [0.4, 0.5) is 10.6 Å². The molecule has 1 heterocycles. The van der Waals surface area contributed by atoms with E-state index in [0.717, 1.165) is 6.04 Å². The zero-order valence-corrected chi connectivity index (χ0v) is 13.3. The zero-order chi connectivity index (χ0) is 16.0. The van der Waals surface area contributed by atoms with E-state index in [1.807, 2.05) is 0 Å². The molecule has 21 heavy (non-hydrogen) atoms. The molecule has 0 saturated carbocycles. The van der Waals surface area contributed by atoms with Crippen molar-refractivity contribution in [1.29, 1.82) is 0 Å². The minimum atomic E-state index is -1.29. The molecule has 118 valence electrons. The number of nitrogens with two attached hydrogens (primary N) is 1. The lowest BCUT2D eigenvalue weighted by Crippen LogP contribution is -2.22. The van der Waals surface area contributed by atoms with Gasteiger partial charge in [0, 0.05) is 20.9 Å². The number of carbonyl (C=O) groups is 1. The number of anilines is 1. The minimum Gasteiger partial charge on any atom is -0.465 e. The van der Waals surface area contributed by atoms with E-state index in [1.165, 1.54) is 10.9 Å². The molecule has 0 spiro atoms. The van der Waals surface area contributed by atoms with Crippen LogP contribution in [0.25, 0.3) is 0 Å². The lowest BCUT2D eigenvalue weighted by molar-refractivity contribution is 0.0787. The first kappa shape index (κ1) is 17.0. The predicted molar refractivity (Wildman–Crippen MR) is 80.5 cm³/mol. The van der Waals surface area contributed by atoms with Crippen molar-refractivity contribution in [3.05, 3.63) is 11.8 Å². The smallest absolute Gasteiger partial charge is 0.410 e. The highest BCUT2D eigenvalue weighted by Crippen LogP contribution is 2.13. The van der Waals surface area contributed by atoms with Gasteiger partial charge in [-0.3, -0.25) is 5.32 Å². The van der Waals surface area contributed by atoms with Gasteiger partial charge in [0.2, 0.25) is 0 Å². The molecule has 0 unspecified atom stereocenters. The van der Waals surface area contributed by atoms with Crippen molar-refractivity contribution in [2.24, 2.45) is 10.9 Å². The molecule has 1 aromatic rings. The third kappa shape index (κ3) is 5.83. The van der Waals surface area contributed by atoms with Gasteiger partial charge >= 0.3 is 6.09 Å². The Balaban J connectivity index is 2.71. The van der Waals surface area contributed by atoms with Gasteiger partial charge in [-0.15, -0.1) is 0 Å². The highest BCUT2D eigenvalue weighted by Gasteiger charge is 2.16. The molecule has 0 aliphatic carbocycles. The number of amidine groups is 1. The van der Waals surface area contributed by atoms with Crippen LogP contribution in [0.5, 0.6) is 0 Å². The predicted octanol–water partition coefficient (Wildman–Crippen LogP) is 1.38. The van der Waals surface area contributed by atoms with Crippen LogP contribution in [0.15, 0.2) is 11.4 Å². The number of hydrogen-bond acceptors (Lipinski definition) is 5. The molecule has 9 nitrogen and oxygen atoms in total. The number of ether oxygens (including phenoxy) is 1. The van der Waals surface area contributed by atoms with Crippen LogP contribution in [-0.4, -0.2) is 46.7 Å². The Hall–Kier alpha value is -2.07. The van der Waals surface area contributed by atoms with Gasteiger partial charge in [0.25, 0.3) is 0 Å². The van der Waals surface area contributed by atoms with Gasteiger partial charge in [0.05, 0.1) is 5.56 Å². The van der Waals surface area contributed by atoms with Crippen molar-refractivity contribution in [3.8, 4) is 0 Å². The summed E-state index contributed by atoms with van der Waals surface area (Å²) in [5.41, 5.74) is 5.66. The largest absolute Gasteiger partial charge is 0.465 e. The first-order valence-electron chi connectivity index (χ1n) is 6.36. The lowest BCUT2D eigenvalue weighted by atomic mass is 10.3. The molecule has 1 aromatic heterocycles. The number of amides is 1. The molecule has 0 bridgehead atoms. The molecule has 10 heteroatoms. The topological polar surface area (TPSA) is 135 Å². The summed E-state index contributed by atoms with van der Waals surface area (Å²) in [5, 5.41) is 26.3. The third-order valence-corrected chi connectivity index (χ3v) is 4.29. The van der Waals surface area contributed by atoms with Crippen LogP contribution in [0.3, 0.4) is 0 Å². The van der Waals surface area contributed by atoms with Gasteiger partial charge in [0.15, 0.2) is 11.7 Å². The molecule has 1 rings (SSSR count). The Kier molecular flexibility index (Phi) is 5.73. The van der Waals surface area contributed by atoms with E-state index in [0.29, 0.717) is 6.61 Å². The molecule has 0 saturated heterocycles. The SMILES string of the molecule is C[Si](C)(C)CCOCn1cc(C(N)=NO)c(NC(=O)O)n1. The molecule has 0 radical (unpaired) electrons. The fourth-order valence-corrected chi connectivity index (χ4v) is 2.22. The van der Waals surface area contributed by atoms with E-state index in [1.54, 1.807) is 0 Å². The van der Waals surface area contributed by atoms with E-state index in [2.05, 4.69) is 35.2 Å². The molecule has 1 amide bonds. The number of aromatic nitrogens is 2. The van der Waals surface area contributed by atoms with Crippen molar-refractivity contribution < 1.29 is 19.8 Å². The fraction of sp³-hybridized carbons (Fsp3) is 0.545. The number of nitrogens with zero attached hydrogens (tertiary/aromatic N) is 3. The van der Waals surface area contributed by atoms with E-state index < -0.39 is 14.2 Å². The summed E-state index contributed by atoms with van der Waals surface area (Å²) in [6.45, 7) is 7.51. The summed E-state index contributed by atoms with van der Waals surface area (Å²) in [6.07, 6.45) is 0.168. The number of rotatable bonds is 7. The number of oxime groups is 1. The summed E-state index contributed by atoms with van der Waals surface area (Å²) in [4.78, 5) is 10.7. The quantitative estimate of drug-likeness (QED) is 0.150. The second kappa shape index (κ2) is 7.08. The molecular weight excluding hydrogens is 294 g/mol. The van der Waals surface area contributed by atoms with Crippen molar-refractivity contribution in [1.82, 2.24) is 9.78 Å². The highest BCUT2D eigenvalue weighted by atomic mass is 28.3. The lowest BCUT2D eigenvalue weighted by Gasteiger charge is -2.15. The summed E-state index contributed by atoms with van der Waals surface area (Å²) in [6, 6.07) is 1.02. The van der Waals surface area contributed by atoms with Gasteiger partial charge in [-0.25, -0.2) is 9.48 Å². The first-order chi connectivity index (χ1) is 9.73. The third-order valence-electron chi connectivity index (χ3n) is 2.59. The first-order valence-corrected chi connectivity index (χ1v) is 10.1. The van der Waals surface area contributed by atoms with Crippen LogP contribution in [0.2, 0.25) is 25.7 Å². The van der Waals surface area contributed by atoms with Crippen LogP contribution < -0.4 is 11.1 Å². The maximum absolute atomic E-state index is 10.7. The highest BCUT2D eigenvalue weighted by molar-refractivity contribution is 6.76. The average Bonchev–Trinajstić information content (AvgIpc) is 2.75. The van der Waals surface area contributed by atoms with Gasteiger partial charge in [-0.2, -0.15) is 5.10 Å². The summed E-state index contributed by atoms with van der Waals surface area (Å²) < 4.78 is 6.89. The summed E-state index contributed by atoms with van der Waals surface area (Å²) >= 11 is 0. The van der Waals surface area contributed by atoms with Crippen molar-refractivity contribution in [2.45, 2.75) is 32.4 Å². The Morgan fingerprint density at radius 1 is 1.57 bits per heavy atom. The maximum atomic E-state index is 10.7. The Morgan fingerprint density at radius 2 is 2.24 bits per heavy atom. The molecule has 5 N–H and O–H groups in total. The van der Waals surface area contributed by atoms with Gasteiger partial charge in [-0.1, -0.05) is 24.8 Å². The minimum absolute atomic E-state index is 0.00778. The normalized spacial score (nSPS) is 12.4. The van der Waals surface area contributed by atoms with Crippen molar-refractivity contribution in [3.63, 3.8) is 0 Å². The monoisotopic (exact) mass is 315 g/mol. The Bertz CT molecular complexity index is 523. The van der Waals surface area contributed by atoms with E-state index in [9.17, 15) is 4.79 Å². The van der Waals surface area contributed by atoms with Crippen LogP contribution in [0.1, 0.15) is 5.56 Å². The van der Waals surface area contributed by atoms with E-state index >= 15 is 0 Å². The molecule has 0 aliphatic rings. The molecule has 0 aliphatic heterocycles. The maximum Gasteiger partial charge on any atom is 0.410 e. The van der Waals surface area contributed by atoms with Crippen molar-refractivity contribution >= 4 is 25.8 Å². The molecule has 0 aromatic carbocycles.